The first kappa shape index (κ1) is 12.0. The van der Waals surface area contributed by atoms with Gasteiger partial charge in [-0.1, -0.05) is 18.2 Å². The third-order valence-corrected chi connectivity index (χ3v) is 1.96. The minimum absolute atomic E-state index is 0.420. The number of hydrogen-bond donors (Lipinski definition) is 2. The van der Waals surface area contributed by atoms with Crippen LogP contribution in [0.2, 0.25) is 0 Å². The van der Waals surface area contributed by atoms with E-state index in [1.807, 2.05) is 18.2 Å². The van der Waals surface area contributed by atoms with Crippen LogP contribution in [0.4, 0.5) is 15.3 Å². The molecular formula is C11H15N3O2. The highest BCUT2D eigenvalue weighted by Gasteiger charge is 2.15. The molecule has 1 rings (SSSR count). The topological polar surface area (TPSA) is 61.4 Å². The van der Waals surface area contributed by atoms with Gasteiger partial charge in [-0.3, -0.25) is 0 Å². The van der Waals surface area contributed by atoms with Crippen molar-refractivity contribution in [1.29, 1.82) is 0 Å². The summed E-state index contributed by atoms with van der Waals surface area (Å²) in [6.45, 7) is 2.28. The number of carbonyl (C=O) groups is 2. The van der Waals surface area contributed by atoms with Crippen molar-refractivity contribution >= 4 is 17.7 Å². The van der Waals surface area contributed by atoms with Crippen molar-refractivity contribution in [2.24, 2.45) is 0 Å². The highest BCUT2D eigenvalue weighted by molar-refractivity contribution is 6.00. The molecule has 5 nitrogen and oxygen atoms in total. The number of urea groups is 2. The Morgan fingerprint density at radius 1 is 1.19 bits per heavy atom. The van der Waals surface area contributed by atoms with Crippen LogP contribution in [0.15, 0.2) is 30.3 Å². The van der Waals surface area contributed by atoms with Gasteiger partial charge in [0.15, 0.2) is 0 Å². The first-order valence-corrected chi connectivity index (χ1v) is 5.02. The number of carbonyl (C=O) groups excluding carboxylic acids is 2. The van der Waals surface area contributed by atoms with Gasteiger partial charge in [0.25, 0.3) is 0 Å². The Labute approximate surface area is 94.4 Å². The molecule has 1 aromatic rings. The largest absolute Gasteiger partial charge is 0.338 e. The zero-order chi connectivity index (χ0) is 12.0. The maximum absolute atomic E-state index is 11.6. The van der Waals surface area contributed by atoms with Gasteiger partial charge in [-0.25, -0.2) is 14.5 Å². The first-order valence-electron chi connectivity index (χ1n) is 5.02. The fourth-order valence-electron chi connectivity index (χ4n) is 1.09. The zero-order valence-corrected chi connectivity index (χ0v) is 9.36. The van der Waals surface area contributed by atoms with Crippen LogP contribution in [-0.4, -0.2) is 30.6 Å². The Bertz CT molecular complexity index is 365. The number of nitrogens with one attached hydrogen (secondary N) is 2. The summed E-state index contributed by atoms with van der Waals surface area (Å²) < 4.78 is 0. The van der Waals surface area contributed by atoms with Crippen LogP contribution in [0.3, 0.4) is 0 Å². The van der Waals surface area contributed by atoms with Gasteiger partial charge in [-0.05, 0) is 19.1 Å². The predicted octanol–water partition coefficient (Wildman–Crippen LogP) is 1.88. The molecule has 5 heteroatoms. The summed E-state index contributed by atoms with van der Waals surface area (Å²) in [5.74, 6) is 0. The smallest absolute Gasteiger partial charge is 0.329 e. The molecule has 0 bridgehead atoms. The molecule has 0 radical (unpaired) electrons. The van der Waals surface area contributed by atoms with Gasteiger partial charge in [0.1, 0.15) is 0 Å². The van der Waals surface area contributed by atoms with Crippen LogP contribution in [0.5, 0.6) is 0 Å². The van der Waals surface area contributed by atoms with E-state index in [1.54, 1.807) is 19.1 Å². The first-order chi connectivity index (χ1) is 7.65. The molecular weight excluding hydrogens is 206 g/mol. The molecule has 0 saturated heterocycles. The quantitative estimate of drug-likeness (QED) is 0.801. The van der Waals surface area contributed by atoms with Crippen LogP contribution < -0.4 is 10.6 Å². The summed E-state index contributed by atoms with van der Waals surface area (Å²) >= 11 is 0. The number of para-hydroxylation sites is 1. The summed E-state index contributed by atoms with van der Waals surface area (Å²) in [7, 11) is 1.42. The third-order valence-electron chi connectivity index (χ3n) is 1.96. The highest BCUT2D eigenvalue weighted by atomic mass is 16.2. The lowest BCUT2D eigenvalue weighted by atomic mass is 10.3. The lowest BCUT2D eigenvalue weighted by Gasteiger charge is -2.16. The van der Waals surface area contributed by atoms with Crippen molar-refractivity contribution < 1.29 is 9.59 Å². The molecule has 0 unspecified atom stereocenters. The Hall–Kier alpha value is -2.04. The second-order valence-electron chi connectivity index (χ2n) is 3.19. The molecule has 0 fully saturated rings. The van der Waals surface area contributed by atoms with Crippen LogP contribution in [-0.2, 0) is 0 Å². The molecule has 1 aromatic carbocycles. The molecule has 0 aliphatic heterocycles. The predicted molar refractivity (Wildman–Crippen MR) is 62.3 cm³/mol. The highest BCUT2D eigenvalue weighted by Crippen LogP contribution is 2.05. The van der Waals surface area contributed by atoms with E-state index in [0.29, 0.717) is 12.2 Å². The van der Waals surface area contributed by atoms with Gasteiger partial charge in [-0.2, -0.15) is 0 Å². The van der Waals surface area contributed by atoms with Gasteiger partial charge < -0.3 is 10.6 Å². The van der Waals surface area contributed by atoms with Gasteiger partial charge in [0.2, 0.25) is 0 Å². The lowest BCUT2D eigenvalue weighted by molar-refractivity contribution is 0.202. The van der Waals surface area contributed by atoms with Crippen molar-refractivity contribution in [3.63, 3.8) is 0 Å². The van der Waals surface area contributed by atoms with E-state index >= 15 is 0 Å². The van der Waals surface area contributed by atoms with E-state index in [4.69, 9.17) is 0 Å². The molecule has 0 heterocycles. The van der Waals surface area contributed by atoms with E-state index in [2.05, 4.69) is 10.6 Å². The molecule has 0 saturated carbocycles. The average Bonchev–Trinajstić information content (AvgIpc) is 2.29. The van der Waals surface area contributed by atoms with Crippen LogP contribution in [0, 0.1) is 0 Å². The Kier molecular flexibility index (Phi) is 4.32. The number of nitrogens with zero attached hydrogens (tertiary/aromatic N) is 1. The maximum atomic E-state index is 11.6. The zero-order valence-electron chi connectivity index (χ0n) is 9.36. The standard InChI is InChI=1S/C11H15N3O2/c1-3-12-10(15)14(2)11(16)13-9-7-5-4-6-8-9/h4-8H,3H2,1-2H3,(H,12,15)(H,13,16). The Morgan fingerprint density at radius 3 is 2.38 bits per heavy atom. The van der Waals surface area contributed by atoms with Gasteiger partial charge in [0, 0.05) is 19.3 Å². The molecule has 2 N–H and O–H groups in total. The fourth-order valence-corrected chi connectivity index (χ4v) is 1.09. The number of imide groups is 1. The second-order valence-corrected chi connectivity index (χ2v) is 3.19. The van der Waals surface area contributed by atoms with Crippen LogP contribution >= 0.6 is 0 Å². The van der Waals surface area contributed by atoms with Crippen LogP contribution in [0.1, 0.15) is 6.92 Å². The van der Waals surface area contributed by atoms with E-state index in [9.17, 15) is 9.59 Å². The number of hydrogen-bond acceptors (Lipinski definition) is 2. The SMILES string of the molecule is CCNC(=O)N(C)C(=O)Nc1ccccc1. The summed E-state index contributed by atoms with van der Waals surface area (Å²) in [5, 5.41) is 5.15. The molecule has 0 aromatic heterocycles. The monoisotopic (exact) mass is 221 g/mol. The lowest BCUT2D eigenvalue weighted by Crippen LogP contribution is -2.43. The second kappa shape index (κ2) is 5.75. The van der Waals surface area contributed by atoms with E-state index < -0.39 is 12.1 Å². The number of anilines is 1. The van der Waals surface area contributed by atoms with Crippen molar-refractivity contribution in [3.05, 3.63) is 30.3 Å². The Morgan fingerprint density at radius 2 is 1.81 bits per heavy atom. The van der Waals surface area contributed by atoms with Crippen molar-refractivity contribution in [3.8, 4) is 0 Å². The van der Waals surface area contributed by atoms with Crippen molar-refractivity contribution in [2.45, 2.75) is 6.92 Å². The fraction of sp³-hybridized carbons (Fsp3) is 0.273. The summed E-state index contributed by atoms with van der Waals surface area (Å²) in [6.07, 6.45) is 0. The van der Waals surface area contributed by atoms with Gasteiger partial charge in [0.05, 0.1) is 0 Å². The molecule has 4 amide bonds. The molecule has 0 aliphatic carbocycles. The van der Waals surface area contributed by atoms with Crippen LogP contribution in [0.25, 0.3) is 0 Å². The normalized spacial score (nSPS) is 9.38. The number of amides is 4. The number of rotatable bonds is 2. The van der Waals surface area contributed by atoms with Crippen molar-refractivity contribution in [2.75, 3.05) is 18.9 Å². The summed E-state index contributed by atoms with van der Waals surface area (Å²) in [6, 6.07) is 8.09. The summed E-state index contributed by atoms with van der Waals surface area (Å²) in [5.41, 5.74) is 0.656. The molecule has 0 atom stereocenters. The molecule has 16 heavy (non-hydrogen) atoms. The van der Waals surface area contributed by atoms with E-state index in [1.165, 1.54) is 7.05 Å². The van der Waals surface area contributed by atoms with E-state index in [-0.39, 0.29) is 0 Å². The maximum Gasteiger partial charge on any atom is 0.329 e. The molecule has 86 valence electrons. The minimum Gasteiger partial charge on any atom is -0.338 e. The third kappa shape index (κ3) is 3.27. The Balaban J connectivity index is 2.56. The van der Waals surface area contributed by atoms with Crippen molar-refractivity contribution in [1.82, 2.24) is 10.2 Å². The van der Waals surface area contributed by atoms with Gasteiger partial charge in [-0.15, -0.1) is 0 Å². The average molecular weight is 221 g/mol. The molecule has 0 spiro atoms. The minimum atomic E-state index is -0.461. The van der Waals surface area contributed by atoms with Gasteiger partial charge >= 0.3 is 12.1 Å². The number of benzene rings is 1. The summed E-state index contributed by atoms with van der Waals surface area (Å²) in [4.78, 5) is 23.9. The molecule has 0 aliphatic rings. The van der Waals surface area contributed by atoms with E-state index in [0.717, 1.165) is 4.90 Å².